The molecule has 0 aliphatic carbocycles. The van der Waals surface area contributed by atoms with E-state index in [4.69, 9.17) is 4.74 Å². The SMILES string of the molecule is CCc1ccc(Cc2cnc(NC(=O)CCOc3cc(C)cc(C)c3)s2)cc1. The number of ether oxygens (including phenoxy) is 1. The topological polar surface area (TPSA) is 51.2 Å². The standard InChI is InChI=1S/C23H26N2O2S/c1-4-18-5-7-19(8-6-18)14-21-15-24-23(28-21)25-22(26)9-10-27-20-12-16(2)11-17(3)13-20/h5-8,11-13,15H,4,9-10,14H2,1-3H3,(H,24,25,26). The second-order valence-corrected chi connectivity index (χ2v) is 8.06. The van der Waals surface area contributed by atoms with Crippen LogP contribution >= 0.6 is 11.3 Å². The zero-order valence-corrected chi connectivity index (χ0v) is 17.4. The van der Waals surface area contributed by atoms with Crippen molar-refractivity contribution in [2.45, 2.75) is 40.0 Å². The number of carbonyl (C=O) groups excluding carboxylic acids is 1. The van der Waals surface area contributed by atoms with E-state index in [1.165, 1.54) is 22.5 Å². The monoisotopic (exact) mass is 394 g/mol. The molecule has 1 aromatic heterocycles. The summed E-state index contributed by atoms with van der Waals surface area (Å²) in [6.07, 6.45) is 4.00. The Bertz CT molecular complexity index is 912. The third-order valence-electron chi connectivity index (χ3n) is 4.40. The van der Waals surface area contributed by atoms with Crippen molar-refractivity contribution >= 4 is 22.4 Å². The van der Waals surface area contributed by atoms with Crippen LogP contribution in [-0.4, -0.2) is 17.5 Å². The van der Waals surface area contributed by atoms with Gasteiger partial charge >= 0.3 is 0 Å². The number of rotatable bonds is 8. The van der Waals surface area contributed by atoms with Gasteiger partial charge in [-0.3, -0.25) is 4.79 Å². The molecule has 0 saturated heterocycles. The van der Waals surface area contributed by atoms with Gasteiger partial charge in [0.1, 0.15) is 5.75 Å². The zero-order chi connectivity index (χ0) is 19.9. The normalized spacial score (nSPS) is 10.7. The van der Waals surface area contributed by atoms with Crippen LogP contribution in [0.1, 0.15) is 40.5 Å². The van der Waals surface area contributed by atoms with Gasteiger partial charge < -0.3 is 10.1 Å². The van der Waals surface area contributed by atoms with Gasteiger partial charge in [0.15, 0.2) is 5.13 Å². The van der Waals surface area contributed by atoms with Crippen molar-refractivity contribution in [1.29, 1.82) is 0 Å². The average Bonchev–Trinajstić information content (AvgIpc) is 3.08. The summed E-state index contributed by atoms with van der Waals surface area (Å²) in [5, 5.41) is 3.50. The molecule has 0 atom stereocenters. The third-order valence-corrected chi connectivity index (χ3v) is 5.32. The van der Waals surface area contributed by atoms with Gasteiger partial charge in [0, 0.05) is 17.5 Å². The molecule has 1 heterocycles. The number of hydrogen-bond donors (Lipinski definition) is 1. The lowest BCUT2D eigenvalue weighted by Crippen LogP contribution is -2.15. The van der Waals surface area contributed by atoms with E-state index in [-0.39, 0.29) is 5.91 Å². The van der Waals surface area contributed by atoms with Crippen LogP contribution in [0.2, 0.25) is 0 Å². The van der Waals surface area contributed by atoms with Crippen molar-refractivity contribution < 1.29 is 9.53 Å². The quantitative estimate of drug-likeness (QED) is 0.562. The van der Waals surface area contributed by atoms with Crippen LogP contribution in [0.25, 0.3) is 0 Å². The molecule has 0 unspecified atom stereocenters. The Labute approximate surface area is 170 Å². The molecule has 3 rings (SSSR count). The number of hydrogen-bond acceptors (Lipinski definition) is 4. The van der Waals surface area contributed by atoms with Gasteiger partial charge in [-0.1, -0.05) is 37.3 Å². The van der Waals surface area contributed by atoms with Gasteiger partial charge in [-0.2, -0.15) is 0 Å². The van der Waals surface area contributed by atoms with E-state index in [0.717, 1.165) is 34.6 Å². The van der Waals surface area contributed by atoms with E-state index in [2.05, 4.69) is 47.6 Å². The van der Waals surface area contributed by atoms with Crippen LogP contribution in [0.4, 0.5) is 5.13 Å². The first-order valence-corrected chi connectivity index (χ1v) is 10.4. The van der Waals surface area contributed by atoms with Crippen LogP contribution in [0.15, 0.2) is 48.7 Å². The van der Waals surface area contributed by atoms with E-state index >= 15 is 0 Å². The summed E-state index contributed by atoms with van der Waals surface area (Å²) in [6.45, 7) is 6.56. The summed E-state index contributed by atoms with van der Waals surface area (Å²) >= 11 is 1.52. The van der Waals surface area contributed by atoms with Crippen LogP contribution in [0.3, 0.4) is 0 Å². The van der Waals surface area contributed by atoms with Gasteiger partial charge in [-0.05, 0) is 54.7 Å². The predicted octanol–water partition coefficient (Wildman–Crippen LogP) is 5.32. The molecule has 0 aliphatic rings. The Hall–Kier alpha value is -2.66. The molecular weight excluding hydrogens is 368 g/mol. The lowest BCUT2D eigenvalue weighted by atomic mass is 10.1. The van der Waals surface area contributed by atoms with Crippen molar-refractivity contribution in [3.05, 3.63) is 75.8 Å². The van der Waals surface area contributed by atoms with Crippen molar-refractivity contribution in [3.63, 3.8) is 0 Å². The largest absolute Gasteiger partial charge is 0.493 e. The van der Waals surface area contributed by atoms with Gasteiger partial charge in [0.05, 0.1) is 13.0 Å². The lowest BCUT2D eigenvalue weighted by molar-refractivity contribution is -0.116. The molecular formula is C23H26N2O2S. The molecule has 4 nitrogen and oxygen atoms in total. The number of aryl methyl sites for hydroxylation is 3. The Morgan fingerprint density at radius 3 is 2.43 bits per heavy atom. The van der Waals surface area contributed by atoms with Crippen molar-refractivity contribution in [1.82, 2.24) is 4.98 Å². The molecule has 1 N–H and O–H groups in total. The summed E-state index contributed by atoms with van der Waals surface area (Å²) in [5.41, 5.74) is 4.89. The summed E-state index contributed by atoms with van der Waals surface area (Å²) in [6, 6.07) is 14.7. The second-order valence-electron chi connectivity index (χ2n) is 6.95. The first kappa shape index (κ1) is 20.1. The summed E-state index contributed by atoms with van der Waals surface area (Å²) in [7, 11) is 0. The molecule has 0 aliphatic heterocycles. The van der Waals surface area contributed by atoms with E-state index < -0.39 is 0 Å². The molecule has 28 heavy (non-hydrogen) atoms. The molecule has 2 aromatic carbocycles. The number of nitrogens with zero attached hydrogens (tertiary/aromatic N) is 1. The minimum Gasteiger partial charge on any atom is -0.493 e. The second kappa shape index (κ2) is 9.51. The molecule has 0 spiro atoms. The van der Waals surface area contributed by atoms with Gasteiger partial charge in [0.25, 0.3) is 0 Å². The Kier molecular flexibility index (Phi) is 6.82. The van der Waals surface area contributed by atoms with Crippen molar-refractivity contribution in [2.24, 2.45) is 0 Å². The van der Waals surface area contributed by atoms with Crippen LogP contribution < -0.4 is 10.1 Å². The molecule has 3 aromatic rings. The highest BCUT2D eigenvalue weighted by atomic mass is 32.1. The van der Waals surface area contributed by atoms with Crippen molar-refractivity contribution in [2.75, 3.05) is 11.9 Å². The lowest BCUT2D eigenvalue weighted by Gasteiger charge is -2.08. The van der Waals surface area contributed by atoms with Gasteiger partial charge in [-0.15, -0.1) is 11.3 Å². The number of amides is 1. The maximum atomic E-state index is 12.2. The molecule has 0 saturated carbocycles. The third kappa shape index (κ3) is 5.92. The van der Waals surface area contributed by atoms with E-state index in [0.29, 0.717) is 18.2 Å². The van der Waals surface area contributed by atoms with Gasteiger partial charge in [0.2, 0.25) is 5.91 Å². The van der Waals surface area contributed by atoms with Crippen LogP contribution in [0.5, 0.6) is 5.75 Å². The van der Waals surface area contributed by atoms with E-state index in [1.54, 1.807) is 0 Å². The minimum absolute atomic E-state index is 0.0856. The predicted molar refractivity (Wildman–Crippen MR) is 115 cm³/mol. The maximum absolute atomic E-state index is 12.2. The Morgan fingerprint density at radius 1 is 1.07 bits per heavy atom. The van der Waals surface area contributed by atoms with Crippen molar-refractivity contribution in [3.8, 4) is 5.75 Å². The number of thiazole rings is 1. The van der Waals surface area contributed by atoms with E-state index in [9.17, 15) is 4.79 Å². The summed E-state index contributed by atoms with van der Waals surface area (Å²) in [5.74, 6) is 0.716. The average molecular weight is 395 g/mol. The molecule has 0 fully saturated rings. The fourth-order valence-corrected chi connectivity index (χ4v) is 3.86. The first-order chi connectivity index (χ1) is 13.5. The maximum Gasteiger partial charge on any atom is 0.229 e. The molecule has 146 valence electrons. The van der Waals surface area contributed by atoms with Crippen LogP contribution in [-0.2, 0) is 17.6 Å². The number of benzene rings is 2. The molecule has 5 heteroatoms. The molecule has 0 bridgehead atoms. The summed E-state index contributed by atoms with van der Waals surface area (Å²) in [4.78, 5) is 17.6. The first-order valence-electron chi connectivity index (χ1n) is 9.55. The highest BCUT2D eigenvalue weighted by Crippen LogP contribution is 2.22. The van der Waals surface area contributed by atoms with E-state index in [1.807, 2.05) is 32.2 Å². The fraction of sp³-hybridized carbons (Fsp3) is 0.304. The Balaban J connectivity index is 1.46. The fourth-order valence-electron chi connectivity index (χ4n) is 3.00. The van der Waals surface area contributed by atoms with Gasteiger partial charge in [-0.25, -0.2) is 4.98 Å². The highest BCUT2D eigenvalue weighted by Gasteiger charge is 2.08. The highest BCUT2D eigenvalue weighted by molar-refractivity contribution is 7.15. The zero-order valence-electron chi connectivity index (χ0n) is 16.6. The number of aromatic nitrogens is 1. The number of carbonyl (C=O) groups is 1. The smallest absolute Gasteiger partial charge is 0.229 e. The number of nitrogens with one attached hydrogen (secondary N) is 1. The number of anilines is 1. The molecule has 0 radical (unpaired) electrons. The Morgan fingerprint density at radius 2 is 1.75 bits per heavy atom. The van der Waals surface area contributed by atoms with Crippen LogP contribution in [0, 0.1) is 13.8 Å². The minimum atomic E-state index is -0.0856. The molecule has 1 amide bonds. The summed E-state index contributed by atoms with van der Waals surface area (Å²) < 4.78 is 5.70.